The van der Waals surface area contributed by atoms with Crippen molar-refractivity contribution in [1.29, 1.82) is 0 Å². The number of aryl methyl sites for hydroxylation is 2. The zero-order valence-electron chi connectivity index (χ0n) is 18.5. The highest BCUT2D eigenvalue weighted by molar-refractivity contribution is 7.89. The predicted molar refractivity (Wildman–Crippen MR) is 115 cm³/mol. The van der Waals surface area contributed by atoms with Gasteiger partial charge in [-0.25, -0.2) is 8.42 Å². The Morgan fingerprint density at radius 2 is 1.84 bits per heavy atom. The molecule has 11 heteroatoms. The summed E-state index contributed by atoms with van der Waals surface area (Å²) < 4.78 is 43.1. The molecule has 2 aliphatic heterocycles. The van der Waals surface area contributed by atoms with E-state index in [1.165, 1.54) is 4.31 Å². The van der Waals surface area contributed by atoms with E-state index >= 15 is 0 Å². The first-order valence-corrected chi connectivity index (χ1v) is 12.0. The summed E-state index contributed by atoms with van der Waals surface area (Å²) in [6.45, 7) is 8.21. The summed E-state index contributed by atoms with van der Waals surface area (Å²) in [5.41, 5.74) is 1.39. The van der Waals surface area contributed by atoms with Crippen molar-refractivity contribution in [3.8, 4) is 11.5 Å². The highest BCUT2D eigenvalue weighted by Crippen LogP contribution is 2.32. The Balaban J connectivity index is 1.33. The molecule has 1 fully saturated rings. The third kappa shape index (κ3) is 4.45. The second kappa shape index (κ2) is 9.08. The topological polar surface area (TPSA) is 105 Å². The van der Waals surface area contributed by atoms with Gasteiger partial charge in [-0.2, -0.15) is 4.31 Å². The lowest BCUT2D eigenvalue weighted by atomic mass is 10.2. The third-order valence-corrected chi connectivity index (χ3v) is 7.95. The van der Waals surface area contributed by atoms with E-state index in [2.05, 4.69) is 5.16 Å². The number of ether oxygens (including phenoxy) is 2. The van der Waals surface area contributed by atoms with Gasteiger partial charge in [-0.3, -0.25) is 9.69 Å². The molecule has 0 bridgehead atoms. The van der Waals surface area contributed by atoms with Gasteiger partial charge >= 0.3 is 0 Å². The second-order valence-electron chi connectivity index (χ2n) is 7.93. The number of hydrogen-bond acceptors (Lipinski definition) is 8. The van der Waals surface area contributed by atoms with Crippen molar-refractivity contribution in [2.24, 2.45) is 0 Å². The lowest BCUT2D eigenvalue weighted by Crippen LogP contribution is -2.52. The van der Waals surface area contributed by atoms with Crippen LogP contribution in [0.1, 0.15) is 23.9 Å². The van der Waals surface area contributed by atoms with Crippen LogP contribution in [0.4, 0.5) is 0 Å². The number of carbonyl (C=O) groups excluding carboxylic acids is 1. The van der Waals surface area contributed by atoms with E-state index in [-0.39, 0.29) is 43.0 Å². The van der Waals surface area contributed by atoms with Crippen LogP contribution in [-0.2, 0) is 21.4 Å². The molecule has 0 unspecified atom stereocenters. The smallest absolute Gasteiger partial charge is 0.248 e. The lowest BCUT2D eigenvalue weighted by Gasteiger charge is -2.35. The van der Waals surface area contributed by atoms with E-state index in [0.29, 0.717) is 31.9 Å². The normalized spacial score (nSPS) is 16.7. The standard InChI is InChI=1S/C21H28N4O6S/c1-4-23(12-17-5-6-18-19(11-17)30-14-29-18)13-20(26)24-7-9-25(10-8-24)32(27,28)21-15(2)22-31-16(21)3/h5-6,11H,4,7-10,12-14H2,1-3H3. The highest BCUT2D eigenvalue weighted by Gasteiger charge is 2.34. The minimum atomic E-state index is -3.70. The zero-order valence-corrected chi connectivity index (χ0v) is 19.4. The molecule has 174 valence electrons. The number of likely N-dealkylation sites (N-methyl/N-ethyl adjacent to an activating group) is 1. The Bertz CT molecular complexity index is 1070. The first-order chi connectivity index (χ1) is 15.3. The lowest BCUT2D eigenvalue weighted by molar-refractivity contribution is -0.133. The van der Waals surface area contributed by atoms with Crippen molar-refractivity contribution in [3.63, 3.8) is 0 Å². The maximum absolute atomic E-state index is 13.0. The minimum absolute atomic E-state index is 0.0121. The number of benzene rings is 1. The number of aromatic nitrogens is 1. The molecule has 32 heavy (non-hydrogen) atoms. The summed E-state index contributed by atoms with van der Waals surface area (Å²) in [4.78, 5) is 16.8. The number of hydrogen-bond donors (Lipinski definition) is 0. The molecule has 0 radical (unpaired) electrons. The molecule has 0 aliphatic carbocycles. The SMILES string of the molecule is CCN(CC(=O)N1CCN(S(=O)(=O)c2c(C)noc2C)CC1)Cc1ccc2c(c1)OCO2. The molecular weight excluding hydrogens is 436 g/mol. The fourth-order valence-electron chi connectivity index (χ4n) is 4.02. The van der Waals surface area contributed by atoms with Gasteiger partial charge in [0, 0.05) is 32.7 Å². The summed E-state index contributed by atoms with van der Waals surface area (Å²) in [5.74, 6) is 1.72. The predicted octanol–water partition coefficient (Wildman–Crippen LogP) is 1.38. The van der Waals surface area contributed by atoms with E-state index in [4.69, 9.17) is 14.0 Å². The molecule has 1 aromatic heterocycles. The van der Waals surface area contributed by atoms with Crippen LogP contribution in [0.3, 0.4) is 0 Å². The van der Waals surface area contributed by atoms with Crippen LogP contribution in [0.15, 0.2) is 27.6 Å². The van der Waals surface area contributed by atoms with E-state index < -0.39 is 10.0 Å². The maximum Gasteiger partial charge on any atom is 0.248 e. The Morgan fingerprint density at radius 3 is 2.50 bits per heavy atom. The van der Waals surface area contributed by atoms with Gasteiger partial charge in [0.1, 0.15) is 10.6 Å². The van der Waals surface area contributed by atoms with Crippen molar-refractivity contribution in [3.05, 3.63) is 35.2 Å². The highest BCUT2D eigenvalue weighted by atomic mass is 32.2. The number of nitrogens with zero attached hydrogens (tertiary/aromatic N) is 4. The average molecular weight is 465 g/mol. The number of fused-ring (bicyclic) bond motifs is 1. The first kappa shape index (κ1) is 22.6. The summed E-state index contributed by atoms with van der Waals surface area (Å²) >= 11 is 0. The molecule has 0 spiro atoms. The Hall–Kier alpha value is -2.63. The molecule has 4 rings (SSSR count). The van der Waals surface area contributed by atoms with Gasteiger partial charge in [0.15, 0.2) is 17.3 Å². The largest absolute Gasteiger partial charge is 0.454 e. The van der Waals surface area contributed by atoms with Gasteiger partial charge in [-0.15, -0.1) is 0 Å². The summed E-state index contributed by atoms with van der Waals surface area (Å²) in [6, 6.07) is 5.79. The van der Waals surface area contributed by atoms with Crippen LogP contribution in [0, 0.1) is 13.8 Å². The van der Waals surface area contributed by atoms with Crippen LogP contribution in [0.5, 0.6) is 11.5 Å². The van der Waals surface area contributed by atoms with Gasteiger partial charge < -0.3 is 18.9 Å². The molecule has 0 N–H and O–H groups in total. The Kier molecular flexibility index (Phi) is 6.40. The number of sulfonamides is 1. The molecule has 2 aromatic rings. The van der Waals surface area contributed by atoms with Gasteiger partial charge in [0.05, 0.1) is 6.54 Å². The molecule has 1 aromatic carbocycles. The van der Waals surface area contributed by atoms with Crippen LogP contribution in [0.2, 0.25) is 0 Å². The van der Waals surface area contributed by atoms with Crippen molar-refractivity contribution >= 4 is 15.9 Å². The van der Waals surface area contributed by atoms with E-state index in [9.17, 15) is 13.2 Å². The van der Waals surface area contributed by atoms with E-state index in [1.807, 2.05) is 30.0 Å². The van der Waals surface area contributed by atoms with Crippen LogP contribution >= 0.6 is 0 Å². The van der Waals surface area contributed by atoms with Crippen molar-refractivity contribution in [1.82, 2.24) is 19.3 Å². The molecule has 0 atom stereocenters. The second-order valence-corrected chi connectivity index (χ2v) is 9.80. The van der Waals surface area contributed by atoms with Crippen LogP contribution < -0.4 is 9.47 Å². The molecule has 0 saturated carbocycles. The number of rotatable bonds is 7. The van der Waals surface area contributed by atoms with Gasteiger partial charge in [0.25, 0.3) is 0 Å². The number of piperazine rings is 1. The molecule has 1 amide bonds. The van der Waals surface area contributed by atoms with Crippen molar-refractivity contribution in [2.45, 2.75) is 32.2 Å². The molecule has 10 nitrogen and oxygen atoms in total. The maximum atomic E-state index is 13.0. The first-order valence-electron chi connectivity index (χ1n) is 10.6. The summed E-state index contributed by atoms with van der Waals surface area (Å²) in [7, 11) is -3.70. The Labute approximate surface area is 187 Å². The fourth-order valence-corrected chi connectivity index (χ4v) is 5.73. The molecule has 1 saturated heterocycles. The third-order valence-electron chi connectivity index (χ3n) is 5.81. The van der Waals surface area contributed by atoms with Gasteiger partial charge in [-0.05, 0) is 38.1 Å². The fraction of sp³-hybridized carbons (Fsp3) is 0.524. The Morgan fingerprint density at radius 1 is 1.12 bits per heavy atom. The van der Waals surface area contributed by atoms with Crippen molar-refractivity contribution in [2.75, 3.05) is 46.1 Å². The summed E-state index contributed by atoms with van der Waals surface area (Å²) in [6.07, 6.45) is 0. The van der Waals surface area contributed by atoms with Gasteiger partial charge in [-0.1, -0.05) is 18.1 Å². The number of amides is 1. The van der Waals surface area contributed by atoms with E-state index in [1.54, 1.807) is 18.7 Å². The monoisotopic (exact) mass is 464 g/mol. The number of carbonyl (C=O) groups is 1. The molecule has 2 aliphatic rings. The average Bonchev–Trinajstić information content (AvgIpc) is 3.38. The molecular formula is C21H28N4O6S. The van der Waals surface area contributed by atoms with Crippen molar-refractivity contribution < 1.29 is 27.2 Å². The van der Waals surface area contributed by atoms with Crippen LogP contribution in [0.25, 0.3) is 0 Å². The van der Waals surface area contributed by atoms with E-state index in [0.717, 1.165) is 17.1 Å². The zero-order chi connectivity index (χ0) is 22.9. The van der Waals surface area contributed by atoms with Crippen LogP contribution in [-0.4, -0.2) is 79.6 Å². The van der Waals surface area contributed by atoms with Gasteiger partial charge in [0.2, 0.25) is 22.7 Å². The summed E-state index contributed by atoms with van der Waals surface area (Å²) in [5, 5.41) is 3.75. The molecule has 3 heterocycles. The minimum Gasteiger partial charge on any atom is -0.454 e. The quantitative estimate of drug-likeness (QED) is 0.605.